The topological polar surface area (TPSA) is 63.5 Å². The van der Waals surface area contributed by atoms with Gasteiger partial charge in [0.05, 0.1) is 7.11 Å². The van der Waals surface area contributed by atoms with Crippen molar-refractivity contribution in [3.05, 3.63) is 54.3 Å². The molecule has 1 aliphatic rings. The van der Waals surface area contributed by atoms with Crippen LogP contribution in [0.2, 0.25) is 0 Å². The van der Waals surface area contributed by atoms with E-state index in [4.69, 9.17) is 9.15 Å². The lowest BCUT2D eigenvalue weighted by molar-refractivity contribution is 0.0905. The van der Waals surface area contributed by atoms with E-state index in [-0.39, 0.29) is 11.9 Å². The fraction of sp³-hybridized carbons (Fsp3) is 0.286. The summed E-state index contributed by atoms with van der Waals surface area (Å²) in [6, 6.07) is 15.6. The van der Waals surface area contributed by atoms with Crippen molar-refractivity contribution in [2.75, 3.05) is 20.2 Å². The van der Waals surface area contributed by atoms with Gasteiger partial charge in [-0.2, -0.15) is 0 Å². The molecular weight excluding hydrogens is 328 g/mol. The lowest BCUT2D eigenvalue weighted by Crippen LogP contribution is -2.45. The Labute approximate surface area is 152 Å². The van der Waals surface area contributed by atoms with Crippen molar-refractivity contribution in [2.24, 2.45) is 0 Å². The molecule has 2 heterocycles. The number of methoxy groups -OCH3 is 1. The van der Waals surface area contributed by atoms with Crippen LogP contribution in [0.3, 0.4) is 0 Å². The van der Waals surface area contributed by atoms with E-state index in [0.717, 1.165) is 42.4 Å². The molecule has 1 atom stereocenters. The van der Waals surface area contributed by atoms with Crippen LogP contribution in [0.1, 0.15) is 23.4 Å². The molecule has 5 nitrogen and oxygen atoms in total. The minimum Gasteiger partial charge on any atom is -0.497 e. The second-order valence-corrected chi connectivity index (χ2v) is 6.55. The Kier molecular flexibility index (Phi) is 4.63. The number of fused-ring (bicyclic) bond motifs is 1. The van der Waals surface area contributed by atoms with Gasteiger partial charge in [0.15, 0.2) is 0 Å². The number of furan rings is 1. The van der Waals surface area contributed by atoms with Crippen molar-refractivity contribution in [1.29, 1.82) is 0 Å². The van der Waals surface area contributed by atoms with E-state index in [9.17, 15) is 4.79 Å². The smallest absolute Gasteiger partial charge is 0.287 e. The number of hydrogen-bond acceptors (Lipinski definition) is 4. The number of hydrogen-bond donors (Lipinski definition) is 2. The average molecular weight is 350 g/mol. The molecule has 1 saturated heterocycles. The van der Waals surface area contributed by atoms with E-state index in [1.54, 1.807) is 7.11 Å². The summed E-state index contributed by atoms with van der Waals surface area (Å²) in [5.74, 6) is 0.882. The van der Waals surface area contributed by atoms with Gasteiger partial charge in [-0.3, -0.25) is 4.79 Å². The third kappa shape index (κ3) is 3.18. The van der Waals surface area contributed by atoms with Gasteiger partial charge >= 0.3 is 0 Å². The van der Waals surface area contributed by atoms with E-state index in [1.807, 2.05) is 48.5 Å². The zero-order valence-electron chi connectivity index (χ0n) is 14.7. The summed E-state index contributed by atoms with van der Waals surface area (Å²) in [6.07, 6.45) is 2.04. The van der Waals surface area contributed by atoms with Crippen LogP contribution in [0.15, 0.2) is 52.9 Å². The molecule has 1 amide bonds. The van der Waals surface area contributed by atoms with Gasteiger partial charge in [0.1, 0.15) is 11.3 Å². The van der Waals surface area contributed by atoms with Crippen molar-refractivity contribution in [2.45, 2.75) is 18.9 Å². The first-order valence-electron chi connectivity index (χ1n) is 8.94. The number of carbonyl (C=O) groups is 1. The molecule has 1 fully saturated rings. The second-order valence-electron chi connectivity index (χ2n) is 6.55. The molecule has 5 heteroatoms. The lowest BCUT2D eigenvalue weighted by Gasteiger charge is -2.23. The van der Waals surface area contributed by atoms with Crippen LogP contribution in [0.4, 0.5) is 0 Å². The molecule has 0 spiro atoms. The number of benzene rings is 2. The van der Waals surface area contributed by atoms with Gasteiger partial charge in [0.25, 0.3) is 5.91 Å². The monoisotopic (exact) mass is 350 g/mol. The maximum atomic E-state index is 13.0. The van der Waals surface area contributed by atoms with Crippen LogP contribution < -0.4 is 15.4 Å². The molecule has 0 saturated carbocycles. The summed E-state index contributed by atoms with van der Waals surface area (Å²) in [5.41, 5.74) is 2.43. The minimum absolute atomic E-state index is 0.127. The van der Waals surface area contributed by atoms with Gasteiger partial charge < -0.3 is 19.8 Å². The summed E-state index contributed by atoms with van der Waals surface area (Å²) in [4.78, 5) is 13.0. The van der Waals surface area contributed by atoms with Crippen LogP contribution in [0.25, 0.3) is 22.1 Å². The molecule has 1 aliphatic heterocycles. The van der Waals surface area contributed by atoms with Crippen LogP contribution in [0.5, 0.6) is 5.75 Å². The van der Waals surface area contributed by atoms with Gasteiger partial charge in [-0.05, 0) is 37.1 Å². The quantitative estimate of drug-likeness (QED) is 0.755. The van der Waals surface area contributed by atoms with Crippen LogP contribution in [-0.2, 0) is 0 Å². The molecular formula is C21H22N2O3. The largest absolute Gasteiger partial charge is 0.497 e. The van der Waals surface area contributed by atoms with Crippen molar-refractivity contribution in [3.8, 4) is 16.9 Å². The lowest BCUT2D eigenvalue weighted by atomic mass is 10.0. The van der Waals surface area contributed by atoms with Crippen molar-refractivity contribution < 1.29 is 13.9 Å². The Hall–Kier alpha value is -2.79. The number of nitrogens with one attached hydrogen (secondary N) is 2. The Bertz CT molecular complexity index is 912. The van der Waals surface area contributed by atoms with E-state index in [2.05, 4.69) is 10.6 Å². The fourth-order valence-corrected chi connectivity index (χ4v) is 3.48. The molecule has 2 aromatic carbocycles. The van der Waals surface area contributed by atoms with Gasteiger partial charge in [-0.1, -0.05) is 30.3 Å². The molecule has 3 aromatic rings. The maximum Gasteiger partial charge on any atom is 0.287 e. The zero-order valence-corrected chi connectivity index (χ0v) is 14.7. The van der Waals surface area contributed by atoms with Gasteiger partial charge in [0, 0.05) is 29.6 Å². The first kappa shape index (κ1) is 16.7. The Morgan fingerprint density at radius 1 is 1.23 bits per heavy atom. The summed E-state index contributed by atoms with van der Waals surface area (Å²) < 4.78 is 11.3. The Morgan fingerprint density at radius 3 is 2.81 bits per heavy atom. The number of piperidine rings is 1. The Balaban J connectivity index is 1.77. The highest BCUT2D eigenvalue weighted by molar-refractivity contribution is 6.08. The maximum absolute atomic E-state index is 13.0. The van der Waals surface area contributed by atoms with Crippen LogP contribution >= 0.6 is 0 Å². The van der Waals surface area contributed by atoms with E-state index < -0.39 is 0 Å². The average Bonchev–Trinajstić information content (AvgIpc) is 3.08. The fourth-order valence-electron chi connectivity index (χ4n) is 3.48. The summed E-state index contributed by atoms with van der Waals surface area (Å²) in [7, 11) is 1.62. The zero-order chi connectivity index (χ0) is 17.9. The molecule has 0 aliphatic carbocycles. The molecule has 134 valence electrons. The molecule has 0 bridgehead atoms. The van der Waals surface area contributed by atoms with Gasteiger partial charge in [-0.15, -0.1) is 0 Å². The summed E-state index contributed by atoms with van der Waals surface area (Å²) in [6.45, 7) is 1.80. The highest BCUT2D eigenvalue weighted by Crippen LogP contribution is 2.36. The highest BCUT2D eigenvalue weighted by Gasteiger charge is 2.24. The number of amides is 1. The predicted molar refractivity (Wildman–Crippen MR) is 102 cm³/mol. The second kappa shape index (κ2) is 7.22. The number of rotatable bonds is 4. The van der Waals surface area contributed by atoms with E-state index in [0.29, 0.717) is 17.1 Å². The Morgan fingerprint density at radius 2 is 2.08 bits per heavy atom. The third-order valence-corrected chi connectivity index (χ3v) is 4.80. The van der Waals surface area contributed by atoms with Crippen molar-refractivity contribution in [3.63, 3.8) is 0 Å². The highest BCUT2D eigenvalue weighted by atomic mass is 16.5. The summed E-state index contributed by atoms with van der Waals surface area (Å²) in [5, 5.41) is 7.33. The third-order valence-electron chi connectivity index (χ3n) is 4.80. The number of carbonyl (C=O) groups excluding carboxylic acids is 1. The van der Waals surface area contributed by atoms with Crippen LogP contribution in [-0.4, -0.2) is 32.1 Å². The summed E-state index contributed by atoms with van der Waals surface area (Å²) >= 11 is 0. The standard InChI is InChI=1S/C21H22N2O3/c1-25-16-9-10-17-18(12-16)26-20(19(17)14-6-3-2-4-7-14)21(24)23-15-8-5-11-22-13-15/h2-4,6-7,9-10,12,15,22H,5,8,11,13H2,1H3,(H,23,24). The van der Waals surface area contributed by atoms with Crippen LogP contribution in [0, 0.1) is 0 Å². The van der Waals surface area contributed by atoms with E-state index >= 15 is 0 Å². The SMILES string of the molecule is COc1ccc2c(-c3ccccc3)c(C(=O)NC3CCCNC3)oc2c1. The van der Waals surface area contributed by atoms with E-state index in [1.165, 1.54) is 0 Å². The number of ether oxygens (including phenoxy) is 1. The normalized spacial score (nSPS) is 17.2. The van der Waals surface area contributed by atoms with Crippen molar-refractivity contribution >= 4 is 16.9 Å². The molecule has 1 aromatic heterocycles. The first-order chi connectivity index (χ1) is 12.8. The molecule has 26 heavy (non-hydrogen) atoms. The molecule has 0 radical (unpaired) electrons. The predicted octanol–water partition coefficient (Wildman–Crippen LogP) is 3.59. The van der Waals surface area contributed by atoms with Crippen molar-refractivity contribution in [1.82, 2.24) is 10.6 Å². The van der Waals surface area contributed by atoms with Gasteiger partial charge in [0.2, 0.25) is 5.76 Å². The van der Waals surface area contributed by atoms with Gasteiger partial charge in [-0.25, -0.2) is 0 Å². The molecule has 1 unspecified atom stereocenters. The molecule has 2 N–H and O–H groups in total. The minimum atomic E-state index is -0.173. The molecule has 4 rings (SSSR count). The first-order valence-corrected chi connectivity index (χ1v) is 8.94.